The van der Waals surface area contributed by atoms with Crippen molar-refractivity contribution in [3.8, 4) is 11.4 Å². The van der Waals surface area contributed by atoms with Crippen LogP contribution >= 0.6 is 0 Å². The lowest BCUT2D eigenvalue weighted by Gasteiger charge is -2.34. The van der Waals surface area contributed by atoms with E-state index < -0.39 is 10.0 Å². The van der Waals surface area contributed by atoms with Crippen LogP contribution in [-0.4, -0.2) is 65.4 Å². The normalized spacial score (nSPS) is 15.2. The topological polar surface area (TPSA) is 103 Å². The molecule has 1 saturated heterocycles. The number of aromatic nitrogens is 2. The van der Waals surface area contributed by atoms with E-state index >= 15 is 0 Å². The number of benzene rings is 2. The molecule has 0 atom stereocenters. The second-order valence-corrected chi connectivity index (χ2v) is 9.96. The monoisotopic (exact) mass is 454 g/mol. The summed E-state index contributed by atoms with van der Waals surface area (Å²) in [6, 6.07) is 14.1. The number of fused-ring (bicyclic) bond motifs is 1. The second-order valence-electron chi connectivity index (χ2n) is 7.87. The molecule has 168 valence electrons. The summed E-state index contributed by atoms with van der Waals surface area (Å²) in [5.41, 5.74) is 1.62. The van der Waals surface area contributed by atoms with E-state index in [0.717, 1.165) is 6.42 Å². The van der Waals surface area contributed by atoms with Crippen LogP contribution < -0.4 is 5.56 Å². The molecule has 1 aromatic heterocycles. The number of para-hydroxylation sites is 1. The fraction of sp³-hybridized carbons (Fsp3) is 0.348. The number of rotatable bonds is 6. The smallest absolute Gasteiger partial charge is 0.259 e. The Hall–Kier alpha value is -3.04. The fourth-order valence-electron chi connectivity index (χ4n) is 3.80. The molecule has 1 fully saturated rings. The van der Waals surface area contributed by atoms with Gasteiger partial charge in [0.2, 0.25) is 10.0 Å². The number of nitrogens with one attached hydrogen (secondary N) is 1. The first-order valence-corrected chi connectivity index (χ1v) is 12.4. The minimum absolute atomic E-state index is 0.137. The standard InChI is InChI=1S/C23H26N4O4S/c1-2-3-16-32(30,31)27-14-12-26(13-15-27)23(29)18-10-8-17(9-11-18)21-24-20-7-5-4-6-19(20)22(28)25-21/h4-11H,2-3,12-16H2,1H3,(H,24,25,28). The number of H-pyrrole nitrogens is 1. The highest BCUT2D eigenvalue weighted by Crippen LogP contribution is 2.19. The van der Waals surface area contributed by atoms with Crippen molar-refractivity contribution in [2.45, 2.75) is 19.8 Å². The third kappa shape index (κ3) is 4.58. The number of aromatic amines is 1. The molecule has 9 heteroatoms. The van der Waals surface area contributed by atoms with Gasteiger partial charge in [0.1, 0.15) is 5.82 Å². The van der Waals surface area contributed by atoms with Crippen molar-refractivity contribution < 1.29 is 13.2 Å². The second kappa shape index (κ2) is 9.22. The number of amides is 1. The highest BCUT2D eigenvalue weighted by atomic mass is 32.2. The third-order valence-electron chi connectivity index (χ3n) is 5.69. The van der Waals surface area contributed by atoms with Gasteiger partial charge in [0, 0.05) is 37.3 Å². The molecule has 4 rings (SSSR count). The van der Waals surface area contributed by atoms with E-state index in [0.29, 0.717) is 60.5 Å². The Morgan fingerprint density at radius 2 is 1.72 bits per heavy atom. The van der Waals surface area contributed by atoms with Gasteiger partial charge in [0.25, 0.3) is 11.5 Å². The van der Waals surface area contributed by atoms with Gasteiger partial charge in [0.05, 0.1) is 16.7 Å². The van der Waals surface area contributed by atoms with Crippen molar-refractivity contribution in [1.82, 2.24) is 19.2 Å². The summed E-state index contributed by atoms with van der Waals surface area (Å²) in [4.78, 5) is 34.2. The summed E-state index contributed by atoms with van der Waals surface area (Å²) in [6.45, 7) is 3.33. The Kier molecular flexibility index (Phi) is 6.38. The number of unbranched alkanes of at least 4 members (excludes halogenated alkanes) is 1. The Bertz CT molecular complexity index is 1280. The van der Waals surface area contributed by atoms with Crippen LogP contribution in [0.5, 0.6) is 0 Å². The van der Waals surface area contributed by atoms with Crippen molar-refractivity contribution in [2.75, 3.05) is 31.9 Å². The summed E-state index contributed by atoms with van der Waals surface area (Å²) in [5, 5.41) is 0.527. The molecule has 0 bridgehead atoms. The van der Waals surface area contributed by atoms with E-state index in [1.165, 1.54) is 4.31 Å². The molecule has 8 nitrogen and oxygen atoms in total. The largest absolute Gasteiger partial charge is 0.336 e. The number of sulfonamides is 1. The first-order chi connectivity index (χ1) is 15.4. The molecule has 2 aromatic carbocycles. The van der Waals surface area contributed by atoms with Crippen LogP contribution in [0.4, 0.5) is 0 Å². The van der Waals surface area contributed by atoms with Crippen LogP contribution in [0, 0.1) is 0 Å². The van der Waals surface area contributed by atoms with Gasteiger partial charge in [-0.15, -0.1) is 0 Å². The van der Waals surface area contributed by atoms with Crippen molar-refractivity contribution >= 4 is 26.8 Å². The summed E-state index contributed by atoms with van der Waals surface area (Å²) >= 11 is 0. The van der Waals surface area contributed by atoms with Gasteiger partial charge in [-0.1, -0.05) is 37.6 Å². The number of piperazine rings is 1. The van der Waals surface area contributed by atoms with E-state index in [2.05, 4.69) is 9.97 Å². The Balaban J connectivity index is 1.45. The molecule has 1 aliphatic heterocycles. The SMILES string of the molecule is CCCCS(=O)(=O)N1CCN(C(=O)c2ccc(-c3nc4ccccc4c(=O)[nH]3)cc2)CC1. The Morgan fingerprint density at radius 1 is 1.03 bits per heavy atom. The number of hydrogen-bond donors (Lipinski definition) is 1. The quantitative estimate of drug-likeness (QED) is 0.616. The molecule has 0 saturated carbocycles. The highest BCUT2D eigenvalue weighted by Gasteiger charge is 2.28. The fourth-order valence-corrected chi connectivity index (χ4v) is 5.43. The molecule has 0 radical (unpaired) electrons. The van der Waals surface area contributed by atoms with Gasteiger partial charge in [-0.05, 0) is 30.7 Å². The van der Waals surface area contributed by atoms with Gasteiger partial charge >= 0.3 is 0 Å². The van der Waals surface area contributed by atoms with Crippen molar-refractivity contribution in [3.05, 3.63) is 64.4 Å². The molecule has 0 unspecified atom stereocenters. The maximum Gasteiger partial charge on any atom is 0.259 e. The first-order valence-electron chi connectivity index (χ1n) is 10.8. The van der Waals surface area contributed by atoms with Crippen LogP contribution in [0.3, 0.4) is 0 Å². The summed E-state index contributed by atoms with van der Waals surface area (Å²) < 4.78 is 26.2. The minimum atomic E-state index is -3.26. The van der Waals surface area contributed by atoms with E-state index in [1.807, 2.05) is 13.0 Å². The number of carbonyl (C=O) groups excluding carboxylic acids is 1. The lowest BCUT2D eigenvalue weighted by molar-refractivity contribution is 0.0698. The number of hydrogen-bond acceptors (Lipinski definition) is 5. The van der Waals surface area contributed by atoms with Gasteiger partial charge < -0.3 is 9.88 Å². The molecular formula is C23H26N4O4S. The zero-order valence-electron chi connectivity index (χ0n) is 18.0. The van der Waals surface area contributed by atoms with Crippen LogP contribution in [0.15, 0.2) is 53.3 Å². The molecule has 0 aliphatic carbocycles. The average molecular weight is 455 g/mol. The van der Waals surface area contributed by atoms with Gasteiger partial charge in [-0.25, -0.2) is 13.4 Å². The third-order valence-corrected chi connectivity index (χ3v) is 7.65. The molecule has 2 heterocycles. The van der Waals surface area contributed by atoms with Crippen LogP contribution in [0.25, 0.3) is 22.3 Å². The molecule has 32 heavy (non-hydrogen) atoms. The van der Waals surface area contributed by atoms with Crippen molar-refractivity contribution in [1.29, 1.82) is 0 Å². The Morgan fingerprint density at radius 3 is 2.41 bits per heavy atom. The van der Waals surface area contributed by atoms with Crippen LogP contribution in [-0.2, 0) is 10.0 Å². The predicted molar refractivity (Wildman–Crippen MR) is 124 cm³/mol. The molecular weight excluding hydrogens is 428 g/mol. The van der Waals surface area contributed by atoms with Crippen molar-refractivity contribution in [2.24, 2.45) is 0 Å². The average Bonchev–Trinajstić information content (AvgIpc) is 2.82. The zero-order chi connectivity index (χ0) is 22.7. The highest BCUT2D eigenvalue weighted by molar-refractivity contribution is 7.89. The van der Waals surface area contributed by atoms with E-state index in [1.54, 1.807) is 47.4 Å². The van der Waals surface area contributed by atoms with Gasteiger partial charge in [-0.2, -0.15) is 4.31 Å². The maximum absolute atomic E-state index is 12.9. The minimum Gasteiger partial charge on any atom is -0.336 e. The molecule has 3 aromatic rings. The summed E-state index contributed by atoms with van der Waals surface area (Å²) in [6.07, 6.45) is 1.47. The van der Waals surface area contributed by atoms with Crippen LogP contribution in [0.2, 0.25) is 0 Å². The molecule has 1 aliphatic rings. The lowest BCUT2D eigenvalue weighted by Crippen LogP contribution is -2.51. The predicted octanol–water partition coefficient (Wildman–Crippen LogP) is 2.48. The first kappa shape index (κ1) is 22.2. The van der Waals surface area contributed by atoms with Gasteiger partial charge in [-0.3, -0.25) is 9.59 Å². The number of nitrogens with zero attached hydrogens (tertiary/aromatic N) is 3. The molecule has 1 N–H and O–H groups in total. The van der Waals surface area contributed by atoms with Crippen molar-refractivity contribution in [3.63, 3.8) is 0 Å². The van der Waals surface area contributed by atoms with E-state index in [-0.39, 0.29) is 17.2 Å². The van der Waals surface area contributed by atoms with E-state index in [9.17, 15) is 18.0 Å². The van der Waals surface area contributed by atoms with E-state index in [4.69, 9.17) is 0 Å². The zero-order valence-corrected chi connectivity index (χ0v) is 18.8. The summed E-state index contributed by atoms with van der Waals surface area (Å²) in [7, 11) is -3.26. The summed E-state index contributed by atoms with van der Waals surface area (Å²) in [5.74, 6) is 0.463. The van der Waals surface area contributed by atoms with Crippen LogP contribution in [0.1, 0.15) is 30.1 Å². The lowest BCUT2D eigenvalue weighted by atomic mass is 10.1. The molecule has 0 spiro atoms. The molecule has 1 amide bonds. The Labute approximate surface area is 186 Å². The maximum atomic E-state index is 12.9. The van der Waals surface area contributed by atoms with Gasteiger partial charge in [0.15, 0.2) is 0 Å². The number of carbonyl (C=O) groups is 1.